The number of pyridine rings is 1. The van der Waals surface area contributed by atoms with Gasteiger partial charge in [0.2, 0.25) is 23.6 Å². The maximum absolute atomic E-state index is 15.5. The summed E-state index contributed by atoms with van der Waals surface area (Å²) < 4.78 is 27.9. The molecule has 1 aromatic heterocycles. The SMILES string of the molecule is C=C1C=C2C(=C3c4c1cc(F)c(C)c4CC[C@@H]3NC(=O)OCc1ccc(NC(=O)C(CC(N)=O)NC(=O)[C@H](C)NC(=O)[C@H](C)N)cc1)Cn1c2cc2c(c1=O)COC(=O)[C@]2(O)CC. The van der Waals surface area contributed by atoms with E-state index in [-0.39, 0.29) is 37.3 Å². The molecule has 0 spiro atoms. The molecule has 7 rings (SSSR count). The minimum atomic E-state index is -2.02. The monoisotopic (exact) mass is 865 g/mol. The fourth-order valence-electron chi connectivity index (χ4n) is 8.47. The third kappa shape index (κ3) is 8.26. The average Bonchev–Trinajstić information content (AvgIpc) is 3.54. The Labute approximate surface area is 360 Å². The predicted octanol–water partition coefficient (Wildman–Crippen LogP) is 2.22. The van der Waals surface area contributed by atoms with Crippen molar-refractivity contribution in [3.63, 3.8) is 0 Å². The molecule has 0 saturated carbocycles. The first-order valence-electron chi connectivity index (χ1n) is 20.4. The van der Waals surface area contributed by atoms with Gasteiger partial charge in [0.25, 0.3) is 5.56 Å². The Morgan fingerprint density at radius 1 is 1.06 bits per heavy atom. The van der Waals surface area contributed by atoms with E-state index in [1.165, 1.54) is 32.0 Å². The summed E-state index contributed by atoms with van der Waals surface area (Å²) in [5.41, 5.74) is 14.9. The minimum absolute atomic E-state index is 0.0252. The van der Waals surface area contributed by atoms with Crippen molar-refractivity contribution in [2.75, 3.05) is 5.32 Å². The van der Waals surface area contributed by atoms with Gasteiger partial charge in [-0.2, -0.15) is 0 Å². The Morgan fingerprint density at radius 2 is 1.78 bits per heavy atom. The van der Waals surface area contributed by atoms with Gasteiger partial charge in [0.1, 0.15) is 31.1 Å². The molecule has 2 aliphatic carbocycles. The van der Waals surface area contributed by atoms with E-state index in [4.69, 9.17) is 20.9 Å². The number of rotatable bonds is 12. The van der Waals surface area contributed by atoms with Crippen LogP contribution in [0, 0.1) is 12.7 Å². The van der Waals surface area contributed by atoms with Gasteiger partial charge in [-0.1, -0.05) is 25.6 Å². The van der Waals surface area contributed by atoms with Crippen LogP contribution < -0.4 is 38.3 Å². The van der Waals surface area contributed by atoms with Crippen molar-refractivity contribution in [2.45, 2.75) is 103 Å². The van der Waals surface area contributed by atoms with Gasteiger partial charge in [-0.05, 0) is 115 Å². The summed E-state index contributed by atoms with van der Waals surface area (Å²) in [4.78, 5) is 89.9. The summed E-state index contributed by atoms with van der Waals surface area (Å²) in [6.07, 6.45) is 1.25. The molecule has 0 radical (unpaired) electrons. The average molecular weight is 866 g/mol. The molecule has 3 heterocycles. The van der Waals surface area contributed by atoms with Crippen molar-refractivity contribution in [2.24, 2.45) is 11.5 Å². The lowest BCUT2D eigenvalue weighted by Crippen LogP contribution is -2.54. The molecule has 9 N–H and O–H groups in total. The zero-order valence-electron chi connectivity index (χ0n) is 35.1. The highest BCUT2D eigenvalue weighted by Crippen LogP contribution is 2.49. The lowest BCUT2D eigenvalue weighted by Gasteiger charge is -2.32. The number of halogens is 1. The molecule has 2 aliphatic heterocycles. The molecule has 4 aliphatic rings. The Morgan fingerprint density at radius 3 is 2.44 bits per heavy atom. The Kier molecular flexibility index (Phi) is 12.0. The number of aromatic nitrogens is 1. The highest BCUT2D eigenvalue weighted by Gasteiger charge is 2.46. The molecule has 1 unspecified atom stereocenters. The number of cyclic esters (lactones) is 1. The summed E-state index contributed by atoms with van der Waals surface area (Å²) in [6, 6.07) is 5.38. The zero-order valence-corrected chi connectivity index (χ0v) is 35.1. The number of nitrogens with one attached hydrogen (secondary N) is 4. The number of esters is 1. The highest BCUT2D eigenvalue weighted by atomic mass is 19.1. The first kappa shape index (κ1) is 44.1. The molecule has 5 atom stereocenters. The smallest absolute Gasteiger partial charge is 0.407 e. The van der Waals surface area contributed by atoms with Gasteiger partial charge in [-0.25, -0.2) is 14.0 Å². The van der Waals surface area contributed by atoms with Crippen molar-refractivity contribution in [3.8, 4) is 0 Å². The van der Waals surface area contributed by atoms with Crippen molar-refractivity contribution < 1.29 is 47.7 Å². The number of nitrogens with two attached hydrogens (primary N) is 2. The van der Waals surface area contributed by atoms with Crippen LogP contribution in [0.3, 0.4) is 0 Å². The van der Waals surface area contributed by atoms with Crippen molar-refractivity contribution in [1.29, 1.82) is 0 Å². The number of fused-ring (bicyclic) bond motifs is 4. The lowest BCUT2D eigenvalue weighted by atomic mass is 9.76. The van der Waals surface area contributed by atoms with Crippen LogP contribution in [0.25, 0.3) is 16.7 Å². The molecule has 2 aromatic carbocycles. The molecule has 0 saturated heterocycles. The number of primary amides is 1. The van der Waals surface area contributed by atoms with E-state index in [9.17, 15) is 38.7 Å². The predicted molar refractivity (Wildman–Crippen MR) is 227 cm³/mol. The number of ether oxygens (including phenoxy) is 2. The second-order valence-electron chi connectivity index (χ2n) is 16.2. The minimum Gasteiger partial charge on any atom is -0.458 e. The number of carbonyl (C=O) groups is 6. The van der Waals surface area contributed by atoms with Crippen LogP contribution in [-0.4, -0.2) is 69.5 Å². The van der Waals surface area contributed by atoms with E-state index in [0.29, 0.717) is 68.8 Å². The van der Waals surface area contributed by atoms with E-state index >= 15 is 4.39 Å². The quantitative estimate of drug-likeness (QED) is 0.130. The molecule has 18 heteroatoms. The van der Waals surface area contributed by atoms with Crippen LogP contribution in [0.5, 0.6) is 0 Å². The van der Waals surface area contributed by atoms with Crippen LogP contribution in [0.2, 0.25) is 0 Å². The normalized spacial score (nSPS) is 19.7. The maximum Gasteiger partial charge on any atom is 0.407 e. The van der Waals surface area contributed by atoms with Gasteiger partial charge in [0.05, 0.1) is 36.3 Å². The van der Waals surface area contributed by atoms with Gasteiger partial charge in [0, 0.05) is 16.8 Å². The molecule has 5 amide bonds. The van der Waals surface area contributed by atoms with Gasteiger partial charge in [-0.3, -0.25) is 24.0 Å². The van der Waals surface area contributed by atoms with Gasteiger partial charge in [0.15, 0.2) is 5.60 Å². The number of aliphatic hydroxyl groups is 1. The largest absolute Gasteiger partial charge is 0.458 e. The van der Waals surface area contributed by atoms with Crippen molar-refractivity contribution in [3.05, 3.63) is 115 Å². The van der Waals surface area contributed by atoms with E-state index < -0.39 is 83.3 Å². The molecular weight excluding hydrogens is 818 g/mol. The highest BCUT2D eigenvalue weighted by molar-refractivity contribution is 6.04. The molecular formula is C45H48FN7O10. The molecule has 17 nitrogen and oxygen atoms in total. The first-order valence-corrected chi connectivity index (χ1v) is 20.4. The van der Waals surface area contributed by atoms with Crippen LogP contribution in [-0.2, 0) is 65.2 Å². The lowest BCUT2D eigenvalue weighted by molar-refractivity contribution is -0.172. The number of nitrogens with zero attached hydrogens (tertiary/aromatic N) is 1. The number of allylic oxidation sites excluding steroid dienone is 4. The Balaban J connectivity index is 1.09. The summed E-state index contributed by atoms with van der Waals surface area (Å²) >= 11 is 0. The molecule has 63 heavy (non-hydrogen) atoms. The standard InChI is InChI=1S/C45H48FN7O10/c1-6-45(61)31-15-35-28-13-20(2)27-14-32(46)21(3)26-11-12-33(38(37(26)27)29(28)17-53(35)42(58)30(31)19-62-43(45)59)52-44(60)63-18-24-7-9-25(10-8-24)50-41(57)34(16-36(48)54)51-40(56)23(5)49-39(55)22(4)47/h7-10,13-15,22-23,33-34,61H,2,6,11-12,16-19,47H2,1,3-5H3,(H2,48,54)(H,49,55)(H,50,57)(H,51,56)(H,52,60)/t22-,23-,33-,34?,45-/m0/s1. The summed E-state index contributed by atoms with van der Waals surface area (Å²) in [6.45, 7) is 10.0. The van der Waals surface area contributed by atoms with Crippen molar-refractivity contribution >= 4 is 58.1 Å². The second-order valence-corrected chi connectivity index (χ2v) is 16.2. The fraction of sp³-hybridized carbons (Fsp3) is 0.356. The summed E-state index contributed by atoms with van der Waals surface area (Å²) in [5.74, 6) is -4.17. The van der Waals surface area contributed by atoms with Crippen LogP contribution in [0.1, 0.15) is 84.7 Å². The molecule has 0 fully saturated rings. The van der Waals surface area contributed by atoms with Crippen molar-refractivity contribution in [1.82, 2.24) is 20.5 Å². The fourth-order valence-corrected chi connectivity index (χ4v) is 8.47. The number of carbonyl (C=O) groups excluding carboxylic acids is 6. The number of anilines is 1. The Bertz CT molecular complexity index is 2630. The third-order valence-electron chi connectivity index (χ3n) is 12.0. The van der Waals surface area contributed by atoms with E-state index in [0.717, 1.165) is 5.56 Å². The Hall–Kier alpha value is -6.92. The number of benzene rings is 2. The molecule has 330 valence electrons. The number of amides is 5. The molecule has 0 bridgehead atoms. The van der Waals surface area contributed by atoms with Crippen LogP contribution in [0.15, 0.2) is 59.4 Å². The van der Waals surface area contributed by atoms with Gasteiger partial charge < -0.3 is 51.9 Å². The maximum atomic E-state index is 15.5. The second kappa shape index (κ2) is 17.1. The van der Waals surface area contributed by atoms with Gasteiger partial charge >= 0.3 is 12.1 Å². The third-order valence-corrected chi connectivity index (χ3v) is 12.0. The topological polar surface area (TPSA) is 263 Å². The molecule has 3 aromatic rings. The number of hydrogen-bond donors (Lipinski definition) is 7. The summed E-state index contributed by atoms with van der Waals surface area (Å²) in [7, 11) is 0. The van der Waals surface area contributed by atoms with E-state index in [1.807, 2.05) is 0 Å². The zero-order chi connectivity index (χ0) is 45.7. The van der Waals surface area contributed by atoms with E-state index in [2.05, 4.69) is 27.8 Å². The number of hydrogen-bond acceptors (Lipinski definition) is 11. The van der Waals surface area contributed by atoms with Crippen LogP contribution in [0.4, 0.5) is 14.9 Å². The van der Waals surface area contributed by atoms with E-state index in [1.54, 1.807) is 42.7 Å². The summed E-state index contributed by atoms with van der Waals surface area (Å²) in [5, 5.41) is 21.8. The first-order chi connectivity index (χ1) is 29.8. The van der Waals surface area contributed by atoms with Crippen LogP contribution >= 0.6 is 0 Å². The number of alkyl carbamates (subject to hydrolysis) is 1. The van der Waals surface area contributed by atoms with Gasteiger partial charge in [-0.15, -0.1) is 0 Å².